The Morgan fingerprint density at radius 2 is 1.76 bits per heavy atom. The molecule has 0 amide bonds. The zero-order valence-electron chi connectivity index (χ0n) is 16.1. The highest BCUT2D eigenvalue weighted by Gasteiger charge is 2.18. The minimum Gasteiger partial charge on any atom is -0.339 e. The maximum absolute atomic E-state index is 4.81. The van der Waals surface area contributed by atoms with Crippen molar-refractivity contribution >= 4 is 40.4 Å². The van der Waals surface area contributed by atoms with Gasteiger partial charge in [0.1, 0.15) is 0 Å². The number of rotatable bonds is 4. The first-order valence-electron chi connectivity index (χ1n) is 9.63. The van der Waals surface area contributed by atoms with E-state index in [9.17, 15) is 0 Å². The number of nitrogens with zero attached hydrogens (tertiary/aromatic N) is 5. The molecule has 0 spiro atoms. The van der Waals surface area contributed by atoms with Crippen molar-refractivity contribution in [3.63, 3.8) is 0 Å². The summed E-state index contributed by atoms with van der Waals surface area (Å²) in [6.07, 6.45) is 0. The van der Waals surface area contributed by atoms with Gasteiger partial charge in [-0.2, -0.15) is 31.8 Å². The SMILES string of the molecule is Cc1ccccc1-c1nc(Nc2n[nH]c3ccccc23)nc(N2CCSCC2)n1. The Labute approximate surface area is 173 Å². The Bertz CT molecular complexity index is 1150. The molecule has 146 valence electrons. The van der Waals surface area contributed by atoms with Crippen LogP contribution in [0.4, 0.5) is 17.7 Å². The molecule has 1 aliphatic heterocycles. The van der Waals surface area contributed by atoms with E-state index in [0.717, 1.165) is 46.6 Å². The van der Waals surface area contributed by atoms with Gasteiger partial charge >= 0.3 is 0 Å². The molecule has 1 saturated heterocycles. The quantitative estimate of drug-likeness (QED) is 0.532. The van der Waals surface area contributed by atoms with Gasteiger partial charge in [0, 0.05) is 35.5 Å². The third kappa shape index (κ3) is 3.63. The number of nitrogens with one attached hydrogen (secondary N) is 2. The topological polar surface area (TPSA) is 82.6 Å². The largest absolute Gasteiger partial charge is 0.339 e. The molecular weight excluding hydrogens is 382 g/mol. The zero-order valence-corrected chi connectivity index (χ0v) is 16.9. The van der Waals surface area contributed by atoms with E-state index in [1.54, 1.807) is 0 Å². The molecule has 5 rings (SSSR count). The molecule has 0 aliphatic carbocycles. The van der Waals surface area contributed by atoms with E-state index < -0.39 is 0 Å². The van der Waals surface area contributed by atoms with Crippen molar-refractivity contribution in [3.05, 3.63) is 54.1 Å². The fraction of sp³-hybridized carbons (Fsp3) is 0.238. The lowest BCUT2D eigenvalue weighted by molar-refractivity contribution is 0.810. The molecule has 8 heteroatoms. The second-order valence-electron chi connectivity index (χ2n) is 6.94. The Kier molecular flexibility index (Phi) is 4.77. The number of anilines is 3. The molecule has 4 aromatic rings. The number of thioether (sulfide) groups is 1. The lowest BCUT2D eigenvalue weighted by atomic mass is 10.1. The summed E-state index contributed by atoms with van der Waals surface area (Å²) in [5, 5.41) is 11.7. The predicted molar refractivity (Wildman–Crippen MR) is 119 cm³/mol. The summed E-state index contributed by atoms with van der Waals surface area (Å²) < 4.78 is 0. The number of hydrogen-bond acceptors (Lipinski definition) is 7. The molecule has 0 bridgehead atoms. The predicted octanol–water partition coefficient (Wildman–Crippen LogP) is 4.02. The number of fused-ring (bicyclic) bond motifs is 1. The van der Waals surface area contributed by atoms with Gasteiger partial charge in [-0.05, 0) is 24.6 Å². The van der Waals surface area contributed by atoms with Crippen LogP contribution in [0.1, 0.15) is 5.56 Å². The average Bonchev–Trinajstić information content (AvgIpc) is 3.17. The fourth-order valence-electron chi connectivity index (χ4n) is 3.43. The summed E-state index contributed by atoms with van der Waals surface area (Å²) in [6.45, 7) is 3.95. The normalized spacial score (nSPS) is 14.3. The van der Waals surface area contributed by atoms with Crippen LogP contribution in [0.5, 0.6) is 0 Å². The van der Waals surface area contributed by atoms with Crippen molar-refractivity contribution in [2.75, 3.05) is 34.8 Å². The van der Waals surface area contributed by atoms with Crippen LogP contribution < -0.4 is 10.2 Å². The van der Waals surface area contributed by atoms with Gasteiger partial charge in [0.15, 0.2) is 11.6 Å². The standard InChI is InChI=1S/C21H21N7S/c1-14-6-2-3-7-15(14)18-22-20(25-21(24-18)28-10-12-29-13-11-28)23-19-16-8-4-5-9-17(16)26-27-19/h2-9H,10-13H2,1H3,(H2,22,23,24,25,26,27). The third-order valence-corrected chi connectivity index (χ3v) is 5.95. The first-order valence-corrected chi connectivity index (χ1v) is 10.8. The molecule has 0 atom stereocenters. The molecule has 3 heterocycles. The summed E-state index contributed by atoms with van der Waals surface area (Å²) in [5.74, 6) is 4.76. The fourth-order valence-corrected chi connectivity index (χ4v) is 4.34. The number of H-pyrrole nitrogens is 1. The summed E-state index contributed by atoms with van der Waals surface area (Å²) >= 11 is 1.96. The summed E-state index contributed by atoms with van der Waals surface area (Å²) in [4.78, 5) is 16.5. The second-order valence-corrected chi connectivity index (χ2v) is 8.16. The lowest BCUT2D eigenvalue weighted by Gasteiger charge is -2.26. The highest BCUT2D eigenvalue weighted by molar-refractivity contribution is 7.99. The minimum absolute atomic E-state index is 0.503. The zero-order chi connectivity index (χ0) is 19.6. The maximum atomic E-state index is 4.81. The molecule has 2 aromatic carbocycles. The monoisotopic (exact) mass is 403 g/mol. The summed E-state index contributed by atoms with van der Waals surface area (Å²) in [5.41, 5.74) is 3.11. The van der Waals surface area contributed by atoms with Gasteiger partial charge < -0.3 is 10.2 Å². The number of hydrogen-bond donors (Lipinski definition) is 2. The van der Waals surface area contributed by atoms with Crippen molar-refractivity contribution in [1.82, 2.24) is 25.1 Å². The first kappa shape index (κ1) is 17.9. The molecule has 1 fully saturated rings. The Balaban J connectivity index is 1.58. The van der Waals surface area contributed by atoms with Crippen LogP contribution in [0.2, 0.25) is 0 Å². The first-order chi connectivity index (χ1) is 14.3. The van der Waals surface area contributed by atoms with Crippen molar-refractivity contribution in [1.29, 1.82) is 0 Å². The van der Waals surface area contributed by atoms with E-state index in [0.29, 0.717) is 23.5 Å². The molecule has 2 aromatic heterocycles. The highest BCUT2D eigenvalue weighted by atomic mass is 32.2. The molecule has 1 aliphatic rings. The van der Waals surface area contributed by atoms with Gasteiger partial charge in [-0.3, -0.25) is 5.10 Å². The van der Waals surface area contributed by atoms with E-state index >= 15 is 0 Å². The van der Waals surface area contributed by atoms with Gasteiger partial charge in [-0.1, -0.05) is 36.4 Å². The maximum Gasteiger partial charge on any atom is 0.233 e. The van der Waals surface area contributed by atoms with Crippen molar-refractivity contribution in [2.24, 2.45) is 0 Å². The van der Waals surface area contributed by atoms with E-state index in [2.05, 4.69) is 33.4 Å². The number of aryl methyl sites for hydroxylation is 1. The van der Waals surface area contributed by atoms with Crippen molar-refractivity contribution in [2.45, 2.75) is 6.92 Å². The van der Waals surface area contributed by atoms with Crippen LogP contribution in [0.15, 0.2) is 48.5 Å². The Morgan fingerprint density at radius 3 is 2.62 bits per heavy atom. The molecule has 0 saturated carbocycles. The summed E-state index contributed by atoms with van der Waals surface area (Å²) in [7, 11) is 0. The van der Waals surface area contributed by atoms with Crippen LogP contribution >= 0.6 is 11.8 Å². The molecule has 29 heavy (non-hydrogen) atoms. The molecule has 2 N–H and O–H groups in total. The van der Waals surface area contributed by atoms with Crippen molar-refractivity contribution < 1.29 is 0 Å². The second kappa shape index (κ2) is 7.71. The molecular formula is C21H21N7S. The van der Waals surface area contributed by atoms with Gasteiger partial charge in [-0.25, -0.2) is 0 Å². The van der Waals surface area contributed by atoms with Gasteiger partial charge in [0.05, 0.1) is 5.52 Å². The van der Waals surface area contributed by atoms with Crippen LogP contribution in [-0.2, 0) is 0 Å². The van der Waals surface area contributed by atoms with Gasteiger partial charge in [-0.15, -0.1) is 0 Å². The number of benzene rings is 2. The smallest absolute Gasteiger partial charge is 0.233 e. The van der Waals surface area contributed by atoms with Crippen LogP contribution in [0, 0.1) is 6.92 Å². The highest BCUT2D eigenvalue weighted by Crippen LogP contribution is 2.27. The van der Waals surface area contributed by atoms with Gasteiger partial charge in [0.25, 0.3) is 0 Å². The molecule has 0 unspecified atom stereocenters. The Morgan fingerprint density at radius 1 is 0.966 bits per heavy atom. The lowest BCUT2D eigenvalue weighted by Crippen LogP contribution is -2.34. The van der Waals surface area contributed by atoms with Crippen LogP contribution in [0.3, 0.4) is 0 Å². The van der Waals surface area contributed by atoms with E-state index in [4.69, 9.17) is 15.0 Å². The third-order valence-electron chi connectivity index (χ3n) is 5.00. The number of para-hydroxylation sites is 1. The average molecular weight is 404 g/mol. The molecule has 0 radical (unpaired) electrons. The summed E-state index contributed by atoms with van der Waals surface area (Å²) in [6, 6.07) is 16.2. The van der Waals surface area contributed by atoms with Crippen LogP contribution in [-0.4, -0.2) is 49.7 Å². The minimum atomic E-state index is 0.503. The van der Waals surface area contributed by atoms with Crippen LogP contribution in [0.25, 0.3) is 22.3 Å². The van der Waals surface area contributed by atoms with Gasteiger partial charge in [0.2, 0.25) is 11.9 Å². The van der Waals surface area contributed by atoms with E-state index in [1.165, 1.54) is 0 Å². The molecule has 7 nitrogen and oxygen atoms in total. The van der Waals surface area contributed by atoms with Crippen molar-refractivity contribution in [3.8, 4) is 11.4 Å². The number of aromatic amines is 1. The van der Waals surface area contributed by atoms with E-state index in [1.807, 2.05) is 54.2 Å². The van der Waals surface area contributed by atoms with E-state index in [-0.39, 0.29) is 0 Å². The Hall–Kier alpha value is -3.13. The number of aromatic nitrogens is 5.